The van der Waals surface area contributed by atoms with E-state index in [1.807, 2.05) is 37.3 Å². The highest BCUT2D eigenvalue weighted by Crippen LogP contribution is 2.42. The average molecular weight is 413 g/mol. The van der Waals surface area contributed by atoms with Gasteiger partial charge in [-0.15, -0.1) is 0 Å². The Kier molecular flexibility index (Phi) is 4.14. The van der Waals surface area contributed by atoms with Crippen molar-refractivity contribution in [2.24, 2.45) is 0 Å². The predicted octanol–water partition coefficient (Wildman–Crippen LogP) is 5.57. The van der Waals surface area contributed by atoms with Crippen molar-refractivity contribution >= 4 is 44.1 Å². The number of nitrogens with zero attached hydrogens (tertiary/aromatic N) is 2. The maximum atomic E-state index is 12.8. The number of aromatic nitrogens is 1. The Bertz CT molecular complexity index is 1100. The summed E-state index contributed by atoms with van der Waals surface area (Å²) < 4.78 is 7.55. The van der Waals surface area contributed by atoms with Gasteiger partial charge in [0.05, 0.1) is 22.2 Å². The number of benzene rings is 2. The number of carbonyl (C=O) groups is 1. The highest BCUT2D eigenvalue weighted by atomic mass is 35.5. The molecule has 1 spiro atoms. The minimum Gasteiger partial charge on any atom is -0.486 e. The van der Waals surface area contributed by atoms with Crippen LogP contribution in [-0.2, 0) is 0 Å². The molecule has 28 heavy (non-hydrogen) atoms. The third-order valence-corrected chi connectivity index (χ3v) is 7.30. The molecule has 0 radical (unpaired) electrons. The Morgan fingerprint density at radius 2 is 1.89 bits per heavy atom. The Balaban J connectivity index is 1.37. The first-order valence-electron chi connectivity index (χ1n) is 9.57. The molecule has 1 saturated heterocycles. The van der Waals surface area contributed by atoms with Gasteiger partial charge >= 0.3 is 0 Å². The lowest BCUT2D eigenvalue weighted by Crippen LogP contribution is -2.51. The monoisotopic (exact) mass is 412 g/mol. The lowest BCUT2D eigenvalue weighted by Gasteiger charge is -2.44. The van der Waals surface area contributed by atoms with Crippen LogP contribution in [-0.4, -0.2) is 29.5 Å². The molecule has 1 aromatic heterocycles. The molecule has 0 atom stereocenters. The van der Waals surface area contributed by atoms with Gasteiger partial charge in [-0.05, 0) is 55.3 Å². The van der Waals surface area contributed by atoms with Crippen molar-refractivity contribution in [1.29, 1.82) is 0 Å². The second-order valence-corrected chi connectivity index (χ2v) is 9.36. The lowest BCUT2D eigenvalue weighted by molar-refractivity contribution is 0.0231. The van der Waals surface area contributed by atoms with Gasteiger partial charge in [0.15, 0.2) is 10.9 Å². The quantitative estimate of drug-likeness (QED) is 0.524. The van der Waals surface area contributed by atoms with Crippen molar-refractivity contribution < 1.29 is 9.53 Å². The number of anilines is 1. The number of fused-ring (bicyclic) bond motifs is 2. The fourth-order valence-corrected chi connectivity index (χ4v) is 5.45. The molecule has 2 aliphatic heterocycles. The van der Waals surface area contributed by atoms with Crippen LogP contribution in [0.5, 0.6) is 5.75 Å². The first-order valence-corrected chi connectivity index (χ1v) is 10.8. The summed E-state index contributed by atoms with van der Waals surface area (Å²) in [7, 11) is 0. The first-order chi connectivity index (χ1) is 13.4. The van der Waals surface area contributed by atoms with Crippen LogP contribution in [0, 0.1) is 13.8 Å². The van der Waals surface area contributed by atoms with Crippen LogP contribution in [0.2, 0.25) is 5.02 Å². The second kappa shape index (κ2) is 6.46. The van der Waals surface area contributed by atoms with Crippen LogP contribution in [0.3, 0.4) is 0 Å². The van der Waals surface area contributed by atoms with Crippen LogP contribution < -0.4 is 9.64 Å². The molecule has 0 aliphatic carbocycles. The molecule has 3 heterocycles. The number of halogens is 1. The normalized spacial score (nSPS) is 18.4. The first kappa shape index (κ1) is 18.0. The molecule has 6 heteroatoms. The van der Waals surface area contributed by atoms with E-state index in [-0.39, 0.29) is 11.4 Å². The Morgan fingerprint density at radius 3 is 2.68 bits per heavy atom. The molecule has 0 bridgehead atoms. The number of ketones is 1. The molecule has 1 fully saturated rings. The lowest BCUT2D eigenvalue weighted by atomic mass is 9.82. The number of ether oxygens (including phenoxy) is 1. The summed E-state index contributed by atoms with van der Waals surface area (Å²) in [5, 5.41) is 1.75. The third-order valence-electron chi connectivity index (χ3n) is 5.99. The van der Waals surface area contributed by atoms with E-state index in [1.54, 1.807) is 11.3 Å². The molecule has 2 aromatic carbocycles. The molecule has 144 valence electrons. The molecule has 4 nitrogen and oxygen atoms in total. The molecule has 0 N–H and O–H groups in total. The van der Waals surface area contributed by atoms with E-state index in [0.29, 0.717) is 6.42 Å². The number of hydrogen-bond acceptors (Lipinski definition) is 5. The molecular weight excluding hydrogens is 392 g/mol. The van der Waals surface area contributed by atoms with Gasteiger partial charge in [0.25, 0.3) is 0 Å². The molecule has 0 saturated carbocycles. The van der Waals surface area contributed by atoms with Crippen molar-refractivity contribution in [3.63, 3.8) is 0 Å². The highest BCUT2D eigenvalue weighted by molar-refractivity contribution is 7.22. The maximum absolute atomic E-state index is 12.8. The van der Waals surface area contributed by atoms with Crippen LogP contribution in [0.25, 0.3) is 10.2 Å². The molecule has 2 aliphatic rings. The summed E-state index contributed by atoms with van der Waals surface area (Å²) in [5.41, 5.74) is 3.63. The van der Waals surface area contributed by atoms with Crippen molar-refractivity contribution in [2.75, 3.05) is 18.0 Å². The summed E-state index contributed by atoms with van der Waals surface area (Å²) in [6, 6.07) is 9.80. The zero-order chi connectivity index (χ0) is 19.5. The molecule has 5 rings (SSSR count). The molecular formula is C22H21ClN2O2S. The van der Waals surface area contributed by atoms with Crippen LogP contribution >= 0.6 is 22.9 Å². The number of aryl methyl sites for hydroxylation is 2. The Hall–Kier alpha value is -2.11. The maximum Gasteiger partial charge on any atom is 0.186 e. The van der Waals surface area contributed by atoms with Gasteiger partial charge in [-0.1, -0.05) is 22.9 Å². The Morgan fingerprint density at radius 1 is 1.14 bits per heavy atom. The smallest absolute Gasteiger partial charge is 0.186 e. The van der Waals surface area contributed by atoms with Crippen LogP contribution in [0.1, 0.15) is 40.7 Å². The van der Waals surface area contributed by atoms with Crippen molar-refractivity contribution in [1.82, 2.24) is 4.98 Å². The van der Waals surface area contributed by atoms with Gasteiger partial charge in [0.2, 0.25) is 0 Å². The minimum atomic E-state index is -0.387. The zero-order valence-corrected chi connectivity index (χ0v) is 17.5. The molecule has 3 aromatic rings. The van der Waals surface area contributed by atoms with E-state index >= 15 is 0 Å². The Labute approximate surface area is 173 Å². The third kappa shape index (κ3) is 2.97. The standard InChI is InChI=1S/C22H21ClN2O2S/c1-13-9-16-18(26)12-22(27-19(16)10-14(13)2)5-7-25(8-6-22)21-24-17-4-3-15(23)11-20(17)28-21/h3-4,9-11H,5-8,12H2,1-2H3. The van der Waals surface area contributed by atoms with Gasteiger partial charge in [0.1, 0.15) is 11.4 Å². The summed E-state index contributed by atoms with van der Waals surface area (Å²) in [5.74, 6) is 0.954. The van der Waals surface area contributed by atoms with E-state index in [2.05, 4.69) is 11.8 Å². The number of thiazole rings is 1. The number of rotatable bonds is 1. The van der Waals surface area contributed by atoms with E-state index in [9.17, 15) is 4.79 Å². The van der Waals surface area contributed by atoms with Gasteiger partial charge < -0.3 is 9.64 Å². The number of piperidine rings is 1. The average Bonchev–Trinajstić information content (AvgIpc) is 3.07. The summed E-state index contributed by atoms with van der Waals surface area (Å²) >= 11 is 7.77. The zero-order valence-electron chi connectivity index (χ0n) is 15.9. The number of Topliss-reactive ketones (excluding diaryl/α,β-unsaturated/α-hetero) is 1. The van der Waals surface area contributed by atoms with Crippen molar-refractivity contribution in [2.45, 2.75) is 38.7 Å². The van der Waals surface area contributed by atoms with Gasteiger partial charge in [-0.3, -0.25) is 4.79 Å². The summed E-state index contributed by atoms with van der Waals surface area (Å²) in [6.45, 7) is 5.77. The van der Waals surface area contributed by atoms with E-state index in [0.717, 1.165) is 68.7 Å². The number of carbonyl (C=O) groups excluding carboxylic acids is 1. The molecule has 0 amide bonds. The molecule has 0 unspecified atom stereocenters. The van der Waals surface area contributed by atoms with Crippen LogP contribution in [0.4, 0.5) is 5.13 Å². The van der Waals surface area contributed by atoms with E-state index in [1.165, 1.54) is 0 Å². The van der Waals surface area contributed by atoms with E-state index in [4.69, 9.17) is 21.3 Å². The SMILES string of the molecule is Cc1cc2c(cc1C)C(=O)CC1(CCN(c3nc4ccc(Cl)cc4s3)CC1)O2. The van der Waals surface area contributed by atoms with Gasteiger partial charge in [-0.2, -0.15) is 0 Å². The highest BCUT2D eigenvalue weighted by Gasteiger charge is 2.43. The van der Waals surface area contributed by atoms with Gasteiger partial charge in [0, 0.05) is 31.0 Å². The largest absolute Gasteiger partial charge is 0.486 e. The fraction of sp³-hybridized carbons (Fsp3) is 0.364. The number of hydrogen-bond donors (Lipinski definition) is 0. The summed E-state index contributed by atoms with van der Waals surface area (Å²) in [6.07, 6.45) is 2.11. The van der Waals surface area contributed by atoms with Crippen LogP contribution in [0.15, 0.2) is 30.3 Å². The minimum absolute atomic E-state index is 0.201. The predicted molar refractivity (Wildman–Crippen MR) is 114 cm³/mol. The van der Waals surface area contributed by atoms with E-state index < -0.39 is 0 Å². The van der Waals surface area contributed by atoms with Crippen molar-refractivity contribution in [3.8, 4) is 5.75 Å². The summed E-state index contributed by atoms with van der Waals surface area (Å²) in [4.78, 5) is 19.9. The van der Waals surface area contributed by atoms with Crippen molar-refractivity contribution in [3.05, 3.63) is 52.0 Å². The van der Waals surface area contributed by atoms with Gasteiger partial charge in [-0.25, -0.2) is 4.98 Å². The topological polar surface area (TPSA) is 42.4 Å². The second-order valence-electron chi connectivity index (χ2n) is 7.91. The fourth-order valence-electron chi connectivity index (χ4n) is 4.16.